The quantitative estimate of drug-likeness (QED) is 0.714. The number of aromatic nitrogens is 1. The van der Waals surface area contributed by atoms with Gasteiger partial charge in [-0.25, -0.2) is 9.78 Å². The van der Waals surface area contributed by atoms with Crippen molar-refractivity contribution in [3.05, 3.63) is 57.1 Å². The molecule has 0 saturated carbocycles. The van der Waals surface area contributed by atoms with E-state index < -0.39 is 0 Å². The molecular formula is C17H17N3OS2. The lowest BCUT2D eigenvalue weighted by Gasteiger charge is -2.05. The summed E-state index contributed by atoms with van der Waals surface area (Å²) < 4.78 is 0. The molecule has 6 heteroatoms. The number of nitrogens with zero attached hydrogens (tertiary/aromatic N) is 1. The Morgan fingerprint density at radius 1 is 1.22 bits per heavy atom. The molecule has 2 heterocycles. The van der Waals surface area contributed by atoms with Gasteiger partial charge in [-0.05, 0) is 36.9 Å². The molecule has 2 aromatic heterocycles. The molecule has 2 N–H and O–H groups in total. The summed E-state index contributed by atoms with van der Waals surface area (Å²) in [7, 11) is 0. The average molecular weight is 343 g/mol. The van der Waals surface area contributed by atoms with Gasteiger partial charge < -0.3 is 5.32 Å². The Bertz CT molecular complexity index is 809. The predicted molar refractivity (Wildman–Crippen MR) is 97.2 cm³/mol. The Morgan fingerprint density at radius 3 is 2.87 bits per heavy atom. The van der Waals surface area contributed by atoms with E-state index in [2.05, 4.69) is 47.7 Å². The first-order valence-electron chi connectivity index (χ1n) is 7.22. The number of carbonyl (C=O) groups is 1. The standard InChI is InChI=1S/C17H17N3OS2/c1-11-5-6-12(2)14(8-11)15-10-23-17(19-15)20-16(21)18-9-13-4-3-7-22-13/h3-8,10H,9H2,1-2H3,(H2,18,19,20,21). The first-order chi connectivity index (χ1) is 11.1. The van der Waals surface area contributed by atoms with Crippen molar-refractivity contribution in [3.63, 3.8) is 0 Å². The minimum absolute atomic E-state index is 0.236. The van der Waals surface area contributed by atoms with E-state index in [-0.39, 0.29) is 6.03 Å². The van der Waals surface area contributed by atoms with E-state index in [1.807, 2.05) is 22.9 Å². The van der Waals surface area contributed by atoms with Gasteiger partial charge in [0.2, 0.25) is 0 Å². The van der Waals surface area contributed by atoms with E-state index in [0.717, 1.165) is 16.1 Å². The highest BCUT2D eigenvalue weighted by Crippen LogP contribution is 2.28. The zero-order chi connectivity index (χ0) is 16.2. The van der Waals surface area contributed by atoms with Crippen LogP contribution in [0.4, 0.5) is 9.93 Å². The van der Waals surface area contributed by atoms with E-state index in [0.29, 0.717) is 11.7 Å². The summed E-state index contributed by atoms with van der Waals surface area (Å²) in [6, 6.07) is 10.0. The van der Waals surface area contributed by atoms with E-state index in [1.165, 1.54) is 22.5 Å². The summed E-state index contributed by atoms with van der Waals surface area (Å²) in [6.45, 7) is 4.65. The van der Waals surface area contributed by atoms with Gasteiger partial charge in [0.1, 0.15) is 0 Å². The van der Waals surface area contributed by atoms with Crippen LogP contribution in [0, 0.1) is 13.8 Å². The summed E-state index contributed by atoms with van der Waals surface area (Å²) in [4.78, 5) is 17.6. The smallest absolute Gasteiger partial charge is 0.321 e. The molecule has 0 atom stereocenters. The van der Waals surface area contributed by atoms with Crippen LogP contribution in [-0.2, 0) is 6.54 Å². The van der Waals surface area contributed by atoms with Crippen molar-refractivity contribution in [2.75, 3.05) is 5.32 Å². The number of rotatable bonds is 4. The van der Waals surface area contributed by atoms with Gasteiger partial charge in [-0.1, -0.05) is 23.8 Å². The molecule has 0 fully saturated rings. The topological polar surface area (TPSA) is 54.0 Å². The van der Waals surface area contributed by atoms with Gasteiger partial charge in [0, 0.05) is 15.8 Å². The van der Waals surface area contributed by atoms with Crippen molar-refractivity contribution in [1.29, 1.82) is 0 Å². The number of aryl methyl sites for hydroxylation is 2. The summed E-state index contributed by atoms with van der Waals surface area (Å²) in [5.74, 6) is 0. The van der Waals surface area contributed by atoms with Crippen LogP contribution >= 0.6 is 22.7 Å². The van der Waals surface area contributed by atoms with Crippen LogP contribution in [-0.4, -0.2) is 11.0 Å². The third kappa shape index (κ3) is 3.97. The molecule has 1 aromatic carbocycles. The Labute approximate surface area is 143 Å². The second kappa shape index (κ2) is 6.93. The number of anilines is 1. The maximum atomic E-state index is 11.9. The number of hydrogen-bond donors (Lipinski definition) is 2. The second-order valence-electron chi connectivity index (χ2n) is 5.24. The average Bonchev–Trinajstić information content (AvgIpc) is 3.19. The van der Waals surface area contributed by atoms with Gasteiger partial charge in [-0.3, -0.25) is 5.32 Å². The van der Waals surface area contributed by atoms with Crippen LogP contribution in [0.3, 0.4) is 0 Å². The maximum absolute atomic E-state index is 11.9. The first kappa shape index (κ1) is 15.7. The van der Waals surface area contributed by atoms with E-state index in [9.17, 15) is 4.79 Å². The number of hydrogen-bond acceptors (Lipinski definition) is 4. The van der Waals surface area contributed by atoms with Gasteiger partial charge in [0.25, 0.3) is 0 Å². The molecule has 3 rings (SSSR count). The zero-order valence-electron chi connectivity index (χ0n) is 12.9. The van der Waals surface area contributed by atoms with Crippen molar-refractivity contribution in [2.24, 2.45) is 0 Å². The molecule has 4 nitrogen and oxygen atoms in total. The van der Waals surface area contributed by atoms with Crippen molar-refractivity contribution in [2.45, 2.75) is 20.4 Å². The molecule has 2 amide bonds. The number of carbonyl (C=O) groups excluding carboxylic acids is 1. The number of urea groups is 1. The van der Waals surface area contributed by atoms with Crippen molar-refractivity contribution in [1.82, 2.24) is 10.3 Å². The van der Waals surface area contributed by atoms with Gasteiger partial charge in [-0.2, -0.15) is 0 Å². The van der Waals surface area contributed by atoms with Crippen LogP contribution in [0.1, 0.15) is 16.0 Å². The fourth-order valence-electron chi connectivity index (χ4n) is 2.19. The number of nitrogens with one attached hydrogen (secondary N) is 2. The molecular weight excluding hydrogens is 326 g/mol. The van der Waals surface area contributed by atoms with Crippen molar-refractivity contribution >= 4 is 33.8 Å². The largest absolute Gasteiger partial charge is 0.333 e. The maximum Gasteiger partial charge on any atom is 0.321 e. The molecule has 0 saturated heterocycles. The van der Waals surface area contributed by atoms with Crippen LogP contribution in [0.2, 0.25) is 0 Å². The summed E-state index contributed by atoms with van der Waals surface area (Å²) >= 11 is 3.05. The predicted octanol–water partition coefficient (Wildman–Crippen LogP) is 4.81. The molecule has 0 unspecified atom stereocenters. The third-order valence-electron chi connectivity index (χ3n) is 3.40. The van der Waals surface area contributed by atoms with E-state index >= 15 is 0 Å². The highest BCUT2D eigenvalue weighted by molar-refractivity contribution is 7.14. The minimum Gasteiger partial charge on any atom is -0.333 e. The first-order valence-corrected chi connectivity index (χ1v) is 8.98. The van der Waals surface area contributed by atoms with Crippen LogP contribution in [0.15, 0.2) is 41.1 Å². The molecule has 118 valence electrons. The lowest BCUT2D eigenvalue weighted by Crippen LogP contribution is -2.27. The monoisotopic (exact) mass is 343 g/mol. The van der Waals surface area contributed by atoms with Gasteiger partial charge in [0.05, 0.1) is 12.2 Å². The molecule has 0 radical (unpaired) electrons. The fraction of sp³-hybridized carbons (Fsp3) is 0.176. The molecule has 0 spiro atoms. The Hall–Kier alpha value is -2.18. The van der Waals surface area contributed by atoms with Crippen molar-refractivity contribution < 1.29 is 4.79 Å². The zero-order valence-corrected chi connectivity index (χ0v) is 14.6. The Balaban J connectivity index is 1.65. The molecule has 0 bridgehead atoms. The van der Waals surface area contributed by atoms with Gasteiger partial charge >= 0.3 is 6.03 Å². The SMILES string of the molecule is Cc1ccc(C)c(-c2csc(NC(=O)NCc3cccs3)n2)c1. The fourth-order valence-corrected chi connectivity index (χ4v) is 3.54. The third-order valence-corrected chi connectivity index (χ3v) is 5.03. The number of thiazole rings is 1. The molecule has 3 aromatic rings. The second-order valence-corrected chi connectivity index (χ2v) is 7.13. The van der Waals surface area contributed by atoms with Crippen LogP contribution in [0.25, 0.3) is 11.3 Å². The molecule has 0 aliphatic heterocycles. The highest BCUT2D eigenvalue weighted by Gasteiger charge is 2.10. The van der Waals surface area contributed by atoms with E-state index in [1.54, 1.807) is 11.3 Å². The number of benzene rings is 1. The normalized spacial score (nSPS) is 10.5. The van der Waals surface area contributed by atoms with Crippen molar-refractivity contribution in [3.8, 4) is 11.3 Å². The Kier molecular flexibility index (Phi) is 4.73. The van der Waals surface area contributed by atoms with Gasteiger partial charge in [0.15, 0.2) is 5.13 Å². The lowest BCUT2D eigenvalue weighted by atomic mass is 10.0. The molecule has 0 aliphatic carbocycles. The molecule has 23 heavy (non-hydrogen) atoms. The molecule has 0 aliphatic rings. The number of amides is 2. The van der Waals surface area contributed by atoms with E-state index in [4.69, 9.17) is 0 Å². The summed E-state index contributed by atoms with van der Waals surface area (Å²) in [5.41, 5.74) is 4.37. The summed E-state index contributed by atoms with van der Waals surface area (Å²) in [6.07, 6.45) is 0. The van der Waals surface area contributed by atoms with Gasteiger partial charge in [-0.15, -0.1) is 22.7 Å². The van der Waals surface area contributed by atoms with Crippen LogP contribution in [0.5, 0.6) is 0 Å². The minimum atomic E-state index is -0.236. The van der Waals surface area contributed by atoms with Crippen LogP contribution < -0.4 is 10.6 Å². The lowest BCUT2D eigenvalue weighted by molar-refractivity contribution is 0.252. The number of thiophene rings is 1. The highest BCUT2D eigenvalue weighted by atomic mass is 32.1. The Morgan fingerprint density at radius 2 is 2.09 bits per heavy atom. The summed E-state index contributed by atoms with van der Waals surface area (Å²) in [5, 5.41) is 10.2.